The molecule has 0 aliphatic rings. The summed E-state index contributed by atoms with van der Waals surface area (Å²) in [6.07, 6.45) is 14.1. The second-order valence-electron chi connectivity index (χ2n) is 4.26. The van der Waals surface area contributed by atoms with Crippen LogP contribution in [-0.2, 0) is 0 Å². The average Bonchev–Trinajstić information content (AvgIpc) is 2.26. The van der Waals surface area contributed by atoms with Gasteiger partial charge < -0.3 is 5.11 Å². The van der Waals surface area contributed by atoms with E-state index in [0.29, 0.717) is 0 Å². The molecule has 1 heteroatoms. The highest BCUT2D eigenvalue weighted by Gasteiger charge is 1.91. The van der Waals surface area contributed by atoms with Crippen molar-refractivity contribution in [2.24, 2.45) is 0 Å². The van der Waals surface area contributed by atoms with Crippen LogP contribution in [0.15, 0.2) is 35.5 Å². The predicted molar refractivity (Wildman–Crippen MR) is 72.5 cm³/mol. The molecule has 0 bridgehead atoms. The first-order chi connectivity index (χ1) is 7.70. The van der Waals surface area contributed by atoms with Gasteiger partial charge in [-0.25, -0.2) is 0 Å². The summed E-state index contributed by atoms with van der Waals surface area (Å²) in [7, 11) is 0. The summed E-state index contributed by atoms with van der Waals surface area (Å²) in [6, 6.07) is 0. The summed E-state index contributed by atoms with van der Waals surface area (Å²) in [5.74, 6) is 0. The monoisotopic (exact) mass is 222 g/mol. The molecule has 16 heavy (non-hydrogen) atoms. The summed E-state index contributed by atoms with van der Waals surface area (Å²) in [4.78, 5) is 0. The van der Waals surface area contributed by atoms with Crippen LogP contribution in [0.2, 0.25) is 0 Å². The third-order valence-electron chi connectivity index (χ3n) is 2.59. The molecule has 0 fully saturated rings. The molecule has 0 rings (SSSR count). The SMILES string of the molecule is C/C=C/CC/C(C)=C/CC/C(C)=C/CCO. The molecule has 0 aromatic carbocycles. The number of aliphatic hydroxyl groups excluding tert-OH is 1. The van der Waals surface area contributed by atoms with Gasteiger partial charge in [-0.15, -0.1) is 0 Å². The third-order valence-corrected chi connectivity index (χ3v) is 2.59. The van der Waals surface area contributed by atoms with Crippen LogP contribution in [0.1, 0.15) is 52.9 Å². The van der Waals surface area contributed by atoms with Crippen molar-refractivity contribution in [2.75, 3.05) is 6.61 Å². The molecule has 0 aromatic rings. The molecule has 92 valence electrons. The van der Waals surface area contributed by atoms with Gasteiger partial charge in [0, 0.05) is 6.61 Å². The van der Waals surface area contributed by atoms with Gasteiger partial charge in [-0.2, -0.15) is 0 Å². The fraction of sp³-hybridized carbons (Fsp3) is 0.600. The van der Waals surface area contributed by atoms with Gasteiger partial charge in [-0.3, -0.25) is 0 Å². The second kappa shape index (κ2) is 10.7. The second-order valence-corrected chi connectivity index (χ2v) is 4.26. The lowest BCUT2D eigenvalue weighted by Gasteiger charge is -2.00. The Morgan fingerprint density at radius 2 is 1.50 bits per heavy atom. The number of hydrogen-bond acceptors (Lipinski definition) is 1. The van der Waals surface area contributed by atoms with Gasteiger partial charge in [0.25, 0.3) is 0 Å². The molecule has 0 aliphatic carbocycles. The number of allylic oxidation sites excluding steroid dienone is 5. The van der Waals surface area contributed by atoms with Gasteiger partial charge in [0.05, 0.1) is 0 Å². The average molecular weight is 222 g/mol. The minimum atomic E-state index is 0.259. The van der Waals surface area contributed by atoms with Gasteiger partial charge in [0.15, 0.2) is 0 Å². The van der Waals surface area contributed by atoms with E-state index >= 15 is 0 Å². The van der Waals surface area contributed by atoms with E-state index in [1.807, 2.05) is 0 Å². The van der Waals surface area contributed by atoms with Crippen molar-refractivity contribution in [3.63, 3.8) is 0 Å². The van der Waals surface area contributed by atoms with Crippen LogP contribution in [0.3, 0.4) is 0 Å². The van der Waals surface area contributed by atoms with Crippen molar-refractivity contribution in [1.29, 1.82) is 0 Å². The minimum absolute atomic E-state index is 0.259. The first-order valence-electron chi connectivity index (χ1n) is 6.24. The zero-order chi connectivity index (χ0) is 12.2. The molecular weight excluding hydrogens is 196 g/mol. The summed E-state index contributed by atoms with van der Waals surface area (Å²) in [5, 5.41) is 8.69. The zero-order valence-electron chi connectivity index (χ0n) is 11.0. The molecule has 1 N–H and O–H groups in total. The van der Waals surface area contributed by atoms with Crippen LogP contribution < -0.4 is 0 Å². The molecule has 0 heterocycles. The molecule has 0 atom stereocenters. The van der Waals surface area contributed by atoms with Crippen molar-refractivity contribution in [3.8, 4) is 0 Å². The molecule has 0 radical (unpaired) electrons. The molecule has 0 spiro atoms. The highest BCUT2D eigenvalue weighted by atomic mass is 16.2. The number of aliphatic hydroxyl groups is 1. The van der Waals surface area contributed by atoms with Gasteiger partial charge in [-0.05, 0) is 52.9 Å². The van der Waals surface area contributed by atoms with E-state index in [1.54, 1.807) is 0 Å². The van der Waals surface area contributed by atoms with E-state index in [0.717, 1.165) is 25.7 Å². The van der Waals surface area contributed by atoms with Crippen molar-refractivity contribution >= 4 is 0 Å². The molecule has 1 nitrogen and oxygen atoms in total. The maximum Gasteiger partial charge on any atom is 0.0465 e. The fourth-order valence-corrected chi connectivity index (χ4v) is 1.54. The summed E-state index contributed by atoms with van der Waals surface area (Å²) < 4.78 is 0. The van der Waals surface area contributed by atoms with Crippen molar-refractivity contribution in [3.05, 3.63) is 35.5 Å². The molecule has 0 aromatic heterocycles. The lowest BCUT2D eigenvalue weighted by atomic mass is 10.1. The maximum atomic E-state index is 8.69. The fourth-order valence-electron chi connectivity index (χ4n) is 1.54. The quantitative estimate of drug-likeness (QED) is 0.604. The standard InChI is InChI=1S/C15H26O/c1-4-5-6-9-14(2)10-7-11-15(3)12-8-13-16/h4-5,10,12,16H,6-9,11,13H2,1-3H3/b5-4+,14-10+,15-12+. The van der Waals surface area contributed by atoms with Gasteiger partial charge >= 0.3 is 0 Å². The smallest absolute Gasteiger partial charge is 0.0465 e. The van der Waals surface area contributed by atoms with Crippen LogP contribution in [0.5, 0.6) is 0 Å². The Morgan fingerprint density at radius 3 is 2.06 bits per heavy atom. The molecule has 0 unspecified atom stereocenters. The zero-order valence-corrected chi connectivity index (χ0v) is 11.0. The van der Waals surface area contributed by atoms with Crippen LogP contribution in [0, 0.1) is 0 Å². The lowest BCUT2D eigenvalue weighted by Crippen LogP contribution is -1.82. The number of rotatable bonds is 8. The van der Waals surface area contributed by atoms with E-state index in [9.17, 15) is 0 Å². The summed E-state index contributed by atoms with van der Waals surface area (Å²) >= 11 is 0. The highest BCUT2D eigenvalue weighted by molar-refractivity contribution is 5.04. The molecule has 0 saturated carbocycles. The summed E-state index contributed by atoms with van der Waals surface area (Å²) in [6.45, 7) is 6.67. The Labute approximate surface area is 101 Å². The molecule has 0 amide bonds. The van der Waals surface area contributed by atoms with E-state index in [2.05, 4.69) is 45.1 Å². The van der Waals surface area contributed by atoms with E-state index in [-0.39, 0.29) is 6.61 Å². The Morgan fingerprint density at radius 1 is 0.938 bits per heavy atom. The first kappa shape index (κ1) is 15.2. The molecule has 0 aliphatic heterocycles. The third kappa shape index (κ3) is 9.72. The van der Waals surface area contributed by atoms with Crippen molar-refractivity contribution in [1.82, 2.24) is 0 Å². The van der Waals surface area contributed by atoms with Crippen LogP contribution >= 0.6 is 0 Å². The van der Waals surface area contributed by atoms with E-state index < -0.39 is 0 Å². The Balaban J connectivity index is 3.72. The van der Waals surface area contributed by atoms with Gasteiger partial charge in [0.2, 0.25) is 0 Å². The normalized spacial score (nSPS) is 13.8. The minimum Gasteiger partial charge on any atom is -0.396 e. The molecular formula is C15H26O. The van der Waals surface area contributed by atoms with E-state index in [4.69, 9.17) is 5.11 Å². The van der Waals surface area contributed by atoms with E-state index in [1.165, 1.54) is 17.6 Å². The topological polar surface area (TPSA) is 20.2 Å². The maximum absolute atomic E-state index is 8.69. The van der Waals surface area contributed by atoms with Crippen molar-refractivity contribution in [2.45, 2.75) is 52.9 Å². The van der Waals surface area contributed by atoms with Crippen LogP contribution in [-0.4, -0.2) is 11.7 Å². The van der Waals surface area contributed by atoms with Gasteiger partial charge in [-0.1, -0.05) is 35.5 Å². The van der Waals surface area contributed by atoms with Crippen molar-refractivity contribution < 1.29 is 5.11 Å². The predicted octanol–water partition coefficient (Wildman–Crippen LogP) is 4.40. The summed E-state index contributed by atoms with van der Waals surface area (Å²) in [5.41, 5.74) is 2.86. The van der Waals surface area contributed by atoms with Crippen LogP contribution in [0.25, 0.3) is 0 Å². The highest BCUT2D eigenvalue weighted by Crippen LogP contribution is 2.10. The Bertz CT molecular complexity index is 246. The number of hydrogen-bond donors (Lipinski definition) is 1. The first-order valence-corrected chi connectivity index (χ1v) is 6.24. The Hall–Kier alpha value is -0.820. The lowest BCUT2D eigenvalue weighted by molar-refractivity contribution is 0.302. The molecule has 0 saturated heterocycles. The van der Waals surface area contributed by atoms with Gasteiger partial charge in [0.1, 0.15) is 0 Å². The van der Waals surface area contributed by atoms with Crippen LogP contribution in [0.4, 0.5) is 0 Å². The Kier molecular flexibility index (Phi) is 10.1. The largest absolute Gasteiger partial charge is 0.396 e.